The van der Waals surface area contributed by atoms with Crippen molar-refractivity contribution in [1.29, 1.82) is 21.0 Å². The van der Waals surface area contributed by atoms with Crippen LogP contribution in [0.1, 0.15) is 125 Å². The van der Waals surface area contributed by atoms with Crippen molar-refractivity contribution in [3.8, 4) is 35.8 Å². The van der Waals surface area contributed by atoms with E-state index < -0.39 is 0 Å². The molecule has 0 aliphatic carbocycles. The molecule has 0 amide bonds. The number of nitrogens with zero attached hydrogens (tertiary/aromatic N) is 4. The second-order valence-corrected chi connectivity index (χ2v) is 10.4. The minimum Gasteiger partial charge on any atom is -0.456 e. The Morgan fingerprint density at radius 1 is 0.571 bits per heavy atom. The Hall–Kier alpha value is -4.58. The molecule has 1 atom stereocenters. The van der Waals surface area contributed by atoms with Crippen LogP contribution < -0.4 is 4.74 Å². The van der Waals surface area contributed by atoms with Crippen LogP contribution >= 0.6 is 0 Å². The van der Waals surface area contributed by atoms with Gasteiger partial charge >= 0.3 is 0 Å². The molecule has 0 N–H and O–H groups in total. The highest BCUT2D eigenvalue weighted by atomic mass is 16.5. The van der Waals surface area contributed by atoms with E-state index in [4.69, 9.17) is 15.3 Å². The van der Waals surface area contributed by atoms with E-state index >= 15 is 0 Å². The third-order valence-electron chi connectivity index (χ3n) is 7.40. The monoisotopic (exact) mass is 558 g/mol. The van der Waals surface area contributed by atoms with Gasteiger partial charge in [-0.25, -0.2) is 0 Å². The fourth-order valence-electron chi connectivity index (χ4n) is 4.92. The molecule has 3 aromatic rings. The summed E-state index contributed by atoms with van der Waals surface area (Å²) in [5.74, 6) is 1.69. The fraction of sp³-hybridized carbons (Fsp3) is 0.405. The van der Waals surface area contributed by atoms with Crippen molar-refractivity contribution in [3.63, 3.8) is 0 Å². The van der Waals surface area contributed by atoms with E-state index in [0.29, 0.717) is 34.1 Å². The van der Waals surface area contributed by atoms with E-state index in [-0.39, 0.29) is 5.56 Å². The maximum Gasteiger partial charge on any atom is 0.146 e. The van der Waals surface area contributed by atoms with Gasteiger partial charge in [-0.15, -0.1) is 0 Å². The molecule has 0 aliphatic heterocycles. The van der Waals surface area contributed by atoms with Gasteiger partial charge in [0.05, 0.1) is 16.7 Å². The third kappa shape index (κ3) is 11.5. The summed E-state index contributed by atoms with van der Waals surface area (Å²) in [7, 11) is 0. The van der Waals surface area contributed by atoms with Gasteiger partial charge in [0.25, 0.3) is 0 Å². The highest BCUT2D eigenvalue weighted by molar-refractivity contribution is 5.55. The van der Waals surface area contributed by atoms with Crippen molar-refractivity contribution in [2.45, 2.75) is 96.8 Å². The first-order valence-electron chi connectivity index (χ1n) is 15.2. The van der Waals surface area contributed by atoms with E-state index in [1.165, 1.54) is 76.2 Å². The van der Waals surface area contributed by atoms with Gasteiger partial charge in [-0.3, -0.25) is 0 Å². The first kappa shape index (κ1) is 33.6. The number of rotatable bonds is 15. The van der Waals surface area contributed by atoms with E-state index in [1.54, 1.807) is 42.5 Å². The van der Waals surface area contributed by atoms with Crippen LogP contribution in [0, 0.1) is 45.3 Å². The zero-order chi connectivity index (χ0) is 30.4. The van der Waals surface area contributed by atoms with Gasteiger partial charge in [-0.2, -0.15) is 21.0 Å². The molecule has 5 nitrogen and oxygen atoms in total. The van der Waals surface area contributed by atoms with Gasteiger partial charge < -0.3 is 4.74 Å². The number of nitriles is 4. The molecule has 0 radical (unpaired) electrons. The van der Waals surface area contributed by atoms with Crippen molar-refractivity contribution >= 4 is 0 Å². The van der Waals surface area contributed by atoms with Crippen LogP contribution in [0.15, 0.2) is 66.7 Å². The van der Waals surface area contributed by atoms with Gasteiger partial charge in [0.2, 0.25) is 0 Å². The molecule has 0 fully saturated rings. The Labute approximate surface area is 252 Å². The second kappa shape index (κ2) is 20.3. The topological polar surface area (TPSA) is 104 Å². The normalized spacial score (nSPS) is 10.6. The van der Waals surface area contributed by atoms with Gasteiger partial charge in [0.1, 0.15) is 41.3 Å². The predicted octanol–water partition coefficient (Wildman–Crippen LogP) is 10.5. The van der Waals surface area contributed by atoms with Crippen LogP contribution in [-0.2, 0) is 0 Å². The first-order chi connectivity index (χ1) is 20.6. The standard InChI is InChI=1S/C29H38N2O.C8H4N2/c1-3-5-6-7-8-9-10-11-12-13-15-24(4-2)25-18-20-27(21-19-25)32-29-17-14-16-26(22-30)28(29)23-31;9-5-7-3-1-2-4-8(7)6-10/h14,16-21,24H,3-13,15H2,1-2H3;1-4H. The Bertz CT molecular complexity index is 1350. The second-order valence-electron chi connectivity index (χ2n) is 10.4. The van der Waals surface area contributed by atoms with E-state index in [2.05, 4.69) is 32.0 Å². The zero-order valence-corrected chi connectivity index (χ0v) is 25.1. The lowest BCUT2D eigenvalue weighted by Crippen LogP contribution is -1.98. The third-order valence-corrected chi connectivity index (χ3v) is 7.40. The molecule has 1 unspecified atom stereocenters. The molecule has 0 aromatic heterocycles. The van der Waals surface area contributed by atoms with Crippen LogP contribution in [-0.4, -0.2) is 0 Å². The van der Waals surface area contributed by atoms with Gasteiger partial charge in [0, 0.05) is 0 Å². The smallest absolute Gasteiger partial charge is 0.146 e. The lowest BCUT2D eigenvalue weighted by Gasteiger charge is -2.16. The van der Waals surface area contributed by atoms with Crippen molar-refractivity contribution in [2.24, 2.45) is 0 Å². The molecule has 0 bridgehead atoms. The van der Waals surface area contributed by atoms with Crippen LogP contribution in [0.5, 0.6) is 11.5 Å². The van der Waals surface area contributed by atoms with Gasteiger partial charge in [-0.1, -0.05) is 108 Å². The van der Waals surface area contributed by atoms with Crippen molar-refractivity contribution in [1.82, 2.24) is 0 Å². The van der Waals surface area contributed by atoms with Gasteiger partial charge in [0.15, 0.2) is 0 Å². The maximum absolute atomic E-state index is 9.37. The minimum absolute atomic E-state index is 0.284. The SMILES string of the molecule is CCCCCCCCCCCCC(CC)c1ccc(Oc2cccc(C#N)c2C#N)cc1.N#Cc1ccccc1C#N. The quantitative estimate of drug-likeness (QED) is 0.173. The van der Waals surface area contributed by atoms with Crippen molar-refractivity contribution in [2.75, 3.05) is 0 Å². The highest BCUT2D eigenvalue weighted by Gasteiger charge is 2.12. The Balaban J connectivity index is 0.000000518. The molecule has 0 saturated heterocycles. The summed E-state index contributed by atoms with van der Waals surface area (Å²) in [5.41, 5.74) is 2.84. The molecular weight excluding hydrogens is 516 g/mol. The van der Waals surface area contributed by atoms with Crippen LogP contribution in [0.2, 0.25) is 0 Å². The lowest BCUT2D eigenvalue weighted by molar-refractivity contribution is 0.479. The lowest BCUT2D eigenvalue weighted by atomic mass is 9.90. The number of hydrogen-bond acceptors (Lipinski definition) is 5. The summed E-state index contributed by atoms with van der Waals surface area (Å²) in [6.45, 7) is 4.53. The summed E-state index contributed by atoms with van der Waals surface area (Å²) < 4.78 is 5.90. The molecule has 42 heavy (non-hydrogen) atoms. The Morgan fingerprint density at radius 3 is 1.60 bits per heavy atom. The van der Waals surface area contributed by atoms with E-state index in [9.17, 15) is 10.5 Å². The fourth-order valence-corrected chi connectivity index (χ4v) is 4.92. The van der Waals surface area contributed by atoms with Gasteiger partial charge in [-0.05, 0) is 60.7 Å². The average Bonchev–Trinajstić information content (AvgIpc) is 3.04. The number of unbranched alkanes of at least 4 members (excludes halogenated alkanes) is 9. The van der Waals surface area contributed by atoms with Crippen molar-refractivity contribution in [3.05, 3.63) is 94.5 Å². The number of hydrogen-bond donors (Lipinski definition) is 0. The summed E-state index contributed by atoms with van der Waals surface area (Å²) in [6.07, 6.45) is 16.1. The Kier molecular flexibility index (Phi) is 16.3. The van der Waals surface area contributed by atoms with Crippen molar-refractivity contribution < 1.29 is 4.74 Å². The zero-order valence-electron chi connectivity index (χ0n) is 25.1. The number of benzene rings is 3. The molecule has 0 saturated carbocycles. The molecule has 5 heteroatoms. The Morgan fingerprint density at radius 2 is 1.10 bits per heavy atom. The summed E-state index contributed by atoms with van der Waals surface area (Å²) in [4.78, 5) is 0. The van der Waals surface area contributed by atoms with E-state index in [1.807, 2.05) is 30.3 Å². The summed E-state index contributed by atoms with van der Waals surface area (Å²) >= 11 is 0. The summed E-state index contributed by atoms with van der Waals surface area (Å²) in [5, 5.41) is 35.4. The molecule has 216 valence electrons. The molecule has 0 spiro atoms. The first-order valence-corrected chi connectivity index (χ1v) is 15.2. The average molecular weight is 559 g/mol. The van der Waals surface area contributed by atoms with Crippen LogP contribution in [0.4, 0.5) is 0 Å². The summed E-state index contributed by atoms with van der Waals surface area (Å²) in [6, 6.07) is 28.0. The van der Waals surface area contributed by atoms with Crippen LogP contribution in [0.25, 0.3) is 0 Å². The molecular formula is C37H42N4O. The molecule has 0 aliphatic rings. The molecule has 3 aromatic carbocycles. The maximum atomic E-state index is 9.37. The molecule has 3 rings (SSSR count). The molecule has 0 heterocycles. The van der Waals surface area contributed by atoms with Crippen LogP contribution in [0.3, 0.4) is 0 Å². The highest BCUT2D eigenvalue weighted by Crippen LogP contribution is 2.31. The predicted molar refractivity (Wildman–Crippen MR) is 168 cm³/mol. The minimum atomic E-state index is 0.284. The number of ether oxygens (including phenoxy) is 1. The van der Waals surface area contributed by atoms with E-state index in [0.717, 1.165) is 6.42 Å². The largest absolute Gasteiger partial charge is 0.456 e.